The molecular formula is C27H21Cl3SiZr-2. The minimum Gasteiger partial charge on any atom is -1.00 e. The number of benzene rings is 4. The molecule has 0 aliphatic carbocycles. The number of hydrogen-bond donors (Lipinski definition) is 0. The first-order valence-corrected chi connectivity index (χ1v) is 16.6. The Balaban J connectivity index is 0.000000185. The Kier molecular flexibility index (Phi) is 10.7. The smallest absolute Gasteiger partial charge is 0.0771 e. The maximum atomic E-state index is 5.42. The van der Waals surface area contributed by atoms with Crippen LogP contribution in [0.15, 0.2) is 109 Å². The van der Waals surface area contributed by atoms with Crippen molar-refractivity contribution in [2.24, 2.45) is 0 Å². The Morgan fingerprint density at radius 2 is 0.719 bits per heavy atom. The minimum atomic E-state index is -0.317. The zero-order valence-corrected chi connectivity index (χ0v) is 23.3. The van der Waals surface area contributed by atoms with E-state index in [2.05, 4.69) is 116 Å². The van der Waals surface area contributed by atoms with Crippen LogP contribution in [0.5, 0.6) is 0 Å². The molecule has 5 heteroatoms. The SMILES string of the molecule is C[Si](Cl)=[Zr+2].[Cl-].[Cl-].c1ccc2c(c1)[cH-]c1ccccc12.c1ccc2c(c1)[cH-]c1ccccc12. The van der Waals surface area contributed by atoms with Crippen molar-refractivity contribution in [2.45, 2.75) is 6.55 Å². The van der Waals surface area contributed by atoms with E-state index in [1.54, 1.807) is 0 Å². The molecule has 6 aromatic rings. The molecule has 0 nitrogen and oxygen atoms in total. The topological polar surface area (TPSA) is 0 Å². The molecule has 0 bridgehead atoms. The Labute approximate surface area is 221 Å². The van der Waals surface area contributed by atoms with Crippen molar-refractivity contribution >= 4 is 58.9 Å². The minimum absolute atomic E-state index is 0. The first-order valence-electron chi connectivity index (χ1n) is 9.90. The Bertz CT molecular complexity index is 1240. The average molecular weight is 571 g/mol. The van der Waals surface area contributed by atoms with Gasteiger partial charge in [0.1, 0.15) is 0 Å². The fourth-order valence-electron chi connectivity index (χ4n) is 3.81. The van der Waals surface area contributed by atoms with Gasteiger partial charge in [-0.25, -0.2) is 0 Å². The Morgan fingerprint density at radius 1 is 0.531 bits per heavy atom. The van der Waals surface area contributed by atoms with Crippen LogP contribution < -0.4 is 24.8 Å². The molecule has 0 amide bonds. The predicted octanol–water partition coefficient (Wildman–Crippen LogP) is 2.32. The first-order chi connectivity index (χ1) is 14.6. The molecule has 32 heavy (non-hydrogen) atoms. The summed E-state index contributed by atoms with van der Waals surface area (Å²) in [6.45, 7) is 2.07. The molecule has 0 saturated carbocycles. The summed E-state index contributed by atoms with van der Waals surface area (Å²) in [5.41, 5.74) is 0. The first kappa shape index (κ1) is 26.8. The molecule has 0 aliphatic rings. The van der Waals surface area contributed by atoms with E-state index in [-0.39, 0.29) is 29.6 Å². The van der Waals surface area contributed by atoms with Crippen LogP contribution in [0.4, 0.5) is 0 Å². The normalized spacial score (nSPS) is 9.88. The van der Waals surface area contributed by atoms with Gasteiger partial charge in [-0.15, -0.1) is 79.5 Å². The third-order valence-electron chi connectivity index (χ3n) is 5.05. The molecule has 0 atom stereocenters. The van der Waals surface area contributed by atoms with E-state index in [0.717, 1.165) is 0 Å². The molecule has 0 aromatic heterocycles. The summed E-state index contributed by atoms with van der Waals surface area (Å²) in [4.78, 5) is 0. The molecule has 160 valence electrons. The van der Waals surface area contributed by atoms with Crippen molar-refractivity contribution in [3.8, 4) is 0 Å². The Morgan fingerprint density at radius 3 is 0.938 bits per heavy atom. The quantitative estimate of drug-likeness (QED) is 0.149. The van der Waals surface area contributed by atoms with Gasteiger partial charge >= 0.3 is 45.7 Å². The fourth-order valence-corrected chi connectivity index (χ4v) is 3.81. The van der Waals surface area contributed by atoms with E-state index in [1.165, 1.54) is 66.4 Å². The van der Waals surface area contributed by atoms with E-state index in [9.17, 15) is 0 Å². The van der Waals surface area contributed by atoms with E-state index in [1.807, 2.05) is 0 Å². The number of fused-ring (bicyclic) bond motifs is 6. The molecule has 0 spiro atoms. The second-order valence-corrected chi connectivity index (χ2v) is 17.8. The van der Waals surface area contributed by atoms with E-state index in [4.69, 9.17) is 11.1 Å². The summed E-state index contributed by atoms with van der Waals surface area (Å²) < 4.78 is -0.317. The molecule has 0 saturated heterocycles. The largest absolute Gasteiger partial charge is 1.00 e. The second kappa shape index (κ2) is 12.7. The van der Waals surface area contributed by atoms with Crippen molar-refractivity contribution < 1.29 is 48.1 Å². The second-order valence-electron chi connectivity index (χ2n) is 7.17. The van der Waals surface area contributed by atoms with Crippen LogP contribution in [0.25, 0.3) is 43.1 Å². The van der Waals surface area contributed by atoms with Crippen LogP contribution in [-0.4, -0.2) is 4.74 Å². The summed E-state index contributed by atoms with van der Waals surface area (Å²) >= 11 is 6.92. The van der Waals surface area contributed by atoms with Crippen LogP contribution in [0, 0.1) is 0 Å². The fraction of sp³-hybridized carbons (Fsp3) is 0.0370. The molecule has 0 aliphatic heterocycles. The van der Waals surface area contributed by atoms with Crippen molar-refractivity contribution in [3.63, 3.8) is 0 Å². The van der Waals surface area contributed by atoms with E-state index < -0.39 is 0 Å². The monoisotopic (exact) mass is 568 g/mol. The summed E-state index contributed by atoms with van der Waals surface area (Å²) in [5, 5.41) is 10.8. The number of rotatable bonds is 0. The predicted molar refractivity (Wildman–Crippen MR) is 132 cm³/mol. The van der Waals surface area contributed by atoms with Crippen molar-refractivity contribution in [1.29, 1.82) is 0 Å². The van der Waals surface area contributed by atoms with Crippen molar-refractivity contribution in [3.05, 3.63) is 109 Å². The van der Waals surface area contributed by atoms with Gasteiger partial charge in [0.2, 0.25) is 0 Å². The van der Waals surface area contributed by atoms with E-state index >= 15 is 0 Å². The van der Waals surface area contributed by atoms with Crippen molar-refractivity contribution in [2.75, 3.05) is 0 Å². The molecule has 0 radical (unpaired) electrons. The van der Waals surface area contributed by atoms with Gasteiger partial charge in [-0.05, 0) is 0 Å². The van der Waals surface area contributed by atoms with Gasteiger partial charge in [0, 0.05) is 0 Å². The van der Waals surface area contributed by atoms with Gasteiger partial charge in [0.05, 0.1) is 0 Å². The number of hydrogen-bond acceptors (Lipinski definition) is 0. The van der Waals surface area contributed by atoms with Crippen LogP contribution in [0.2, 0.25) is 6.55 Å². The average Bonchev–Trinajstić information content (AvgIpc) is 3.32. The molecule has 0 heterocycles. The van der Waals surface area contributed by atoms with E-state index in [0.29, 0.717) is 0 Å². The summed E-state index contributed by atoms with van der Waals surface area (Å²) in [6.07, 6.45) is 0. The third kappa shape index (κ3) is 6.34. The summed E-state index contributed by atoms with van der Waals surface area (Å²) in [6, 6.07) is 38.5. The van der Waals surface area contributed by atoms with Gasteiger partial charge in [0.15, 0.2) is 0 Å². The van der Waals surface area contributed by atoms with Crippen LogP contribution in [-0.2, 0) is 23.3 Å². The van der Waals surface area contributed by atoms with Crippen LogP contribution in [0.1, 0.15) is 0 Å². The van der Waals surface area contributed by atoms with Crippen molar-refractivity contribution in [1.82, 2.24) is 0 Å². The molecule has 0 N–H and O–H groups in total. The number of halogens is 3. The zero-order chi connectivity index (χ0) is 20.9. The molecule has 0 unspecified atom stereocenters. The maximum Gasteiger partial charge on any atom is -0.0771 e. The summed E-state index contributed by atoms with van der Waals surface area (Å²) in [7, 11) is 0. The van der Waals surface area contributed by atoms with Gasteiger partial charge in [-0.1, -0.05) is 72.8 Å². The molecular weight excluding hydrogens is 550 g/mol. The molecule has 6 aromatic carbocycles. The van der Waals surface area contributed by atoms with Gasteiger partial charge in [0.25, 0.3) is 0 Å². The van der Waals surface area contributed by atoms with Gasteiger partial charge in [-0.3, -0.25) is 0 Å². The standard InChI is InChI=1S/2C13H9.CH3ClSi.2ClH.Zr/c2*1-3-7-12-10(5-1)9-11-6-2-4-8-13(11)12;1-3-2;;;/h2*1-9H;1H3;2*1H;/q2*-1;;;;+2/p-2. The van der Waals surface area contributed by atoms with Gasteiger partial charge < -0.3 is 24.8 Å². The Hall–Kier alpha value is -1.41. The van der Waals surface area contributed by atoms with Crippen LogP contribution in [0.3, 0.4) is 0 Å². The molecule has 0 fully saturated rings. The van der Waals surface area contributed by atoms with Crippen LogP contribution >= 0.6 is 11.1 Å². The zero-order valence-electron chi connectivity index (χ0n) is 17.5. The third-order valence-corrected chi connectivity index (χ3v) is 5.05. The summed E-state index contributed by atoms with van der Waals surface area (Å²) in [5.74, 6) is 0. The molecule has 6 rings (SSSR count). The van der Waals surface area contributed by atoms with Gasteiger partial charge in [-0.2, -0.15) is 0 Å². The maximum absolute atomic E-state index is 5.42.